The molecule has 0 fully saturated rings. The van der Waals surface area contributed by atoms with Crippen molar-refractivity contribution < 1.29 is 31.1 Å². The van der Waals surface area contributed by atoms with Gasteiger partial charge in [-0.1, -0.05) is 23.2 Å². The van der Waals surface area contributed by atoms with Crippen molar-refractivity contribution >= 4 is 46.4 Å². The molecule has 0 aromatic heterocycles. The van der Waals surface area contributed by atoms with Crippen molar-refractivity contribution in [2.24, 2.45) is 0 Å². The van der Waals surface area contributed by atoms with Crippen LogP contribution in [0.1, 0.15) is 0 Å². The quantitative estimate of drug-likeness (QED) is 0.508. The Morgan fingerprint density at radius 1 is 0.647 bits per heavy atom. The molecule has 0 aliphatic heterocycles. The maximum atomic E-state index is 12.8. The van der Waals surface area contributed by atoms with Gasteiger partial charge < -0.3 is 4.74 Å². The minimum atomic E-state index is -4.54. The molecule has 11 heteroatoms. The van der Waals surface area contributed by atoms with Crippen LogP contribution in [0.25, 0.3) is 0 Å². The van der Waals surface area contributed by atoms with Crippen molar-refractivity contribution in [1.29, 1.82) is 0 Å². The summed E-state index contributed by atoms with van der Waals surface area (Å²) in [6.45, 7) is -3.34. The van der Waals surface area contributed by atoms with E-state index in [1.807, 2.05) is 0 Å². The van der Waals surface area contributed by atoms with E-state index in [4.69, 9.17) is 0 Å². The van der Waals surface area contributed by atoms with Crippen molar-refractivity contribution in [3.05, 3.63) is 0 Å². The van der Waals surface area contributed by atoms with Gasteiger partial charge in [0, 0.05) is 0 Å². The molecule has 0 aliphatic rings. The second kappa shape index (κ2) is 5.36. The van der Waals surface area contributed by atoms with Crippen LogP contribution in [0, 0.1) is 0 Å². The predicted octanol–water partition coefficient (Wildman–Crippen LogP) is 4.48. The Balaban J connectivity index is 4.36. The number of hydrogen-bond donors (Lipinski definition) is 0. The lowest BCUT2D eigenvalue weighted by Crippen LogP contribution is -2.43. The Morgan fingerprint density at radius 2 is 0.882 bits per heavy atom. The SMILES string of the molecule is FC(F)(Cl)C(F)(Cl)COCC(F)(Cl)C(F)(F)Cl. The highest BCUT2D eigenvalue weighted by atomic mass is 35.5. The van der Waals surface area contributed by atoms with Crippen LogP contribution in [0.4, 0.5) is 26.3 Å². The van der Waals surface area contributed by atoms with Crippen molar-refractivity contribution in [2.45, 2.75) is 21.0 Å². The molecule has 0 amide bonds. The molecule has 0 aromatic rings. The van der Waals surface area contributed by atoms with Crippen LogP contribution < -0.4 is 0 Å². The van der Waals surface area contributed by atoms with Crippen molar-refractivity contribution in [3.63, 3.8) is 0 Å². The van der Waals surface area contributed by atoms with Gasteiger partial charge in [-0.2, -0.15) is 17.6 Å². The van der Waals surface area contributed by atoms with E-state index in [-0.39, 0.29) is 0 Å². The number of alkyl halides is 10. The van der Waals surface area contributed by atoms with Crippen molar-refractivity contribution in [1.82, 2.24) is 0 Å². The highest BCUT2D eigenvalue weighted by Gasteiger charge is 2.56. The fourth-order valence-corrected chi connectivity index (χ4v) is 0.734. The van der Waals surface area contributed by atoms with E-state index >= 15 is 0 Å². The first-order valence-corrected chi connectivity index (χ1v) is 5.19. The third-order valence-electron chi connectivity index (χ3n) is 1.40. The normalized spacial score (nSPS) is 20.8. The summed E-state index contributed by atoms with van der Waals surface area (Å²) in [6, 6.07) is 0. The molecule has 0 N–H and O–H groups in total. The first-order valence-electron chi connectivity index (χ1n) is 3.67. The highest BCUT2D eigenvalue weighted by molar-refractivity contribution is 6.33. The number of halogens is 10. The zero-order chi connectivity index (χ0) is 14.1. The molecule has 0 aromatic carbocycles. The molecule has 1 nitrogen and oxygen atoms in total. The van der Waals surface area contributed by atoms with Crippen LogP contribution in [0.5, 0.6) is 0 Å². The van der Waals surface area contributed by atoms with Gasteiger partial charge in [-0.3, -0.25) is 0 Å². The summed E-state index contributed by atoms with van der Waals surface area (Å²) in [6.07, 6.45) is 0. The average Bonchev–Trinajstić information content (AvgIpc) is 1.98. The monoisotopic (exact) mass is 346 g/mol. The molecule has 0 saturated carbocycles. The van der Waals surface area contributed by atoms with E-state index in [0.29, 0.717) is 0 Å². The first-order chi connectivity index (χ1) is 7.21. The second-order valence-electron chi connectivity index (χ2n) is 2.90. The molecule has 0 aliphatic carbocycles. The van der Waals surface area contributed by atoms with Crippen LogP contribution >= 0.6 is 46.4 Å². The summed E-state index contributed by atoms with van der Waals surface area (Å²) in [7, 11) is 0. The minimum absolute atomic E-state index is 1.67. The van der Waals surface area contributed by atoms with Gasteiger partial charge in [0.2, 0.25) is 0 Å². The van der Waals surface area contributed by atoms with Crippen LogP contribution in [-0.4, -0.2) is 34.2 Å². The summed E-state index contributed by atoms with van der Waals surface area (Å²) in [5.74, 6) is 0. The van der Waals surface area contributed by atoms with Crippen LogP contribution in [0.2, 0.25) is 0 Å². The minimum Gasteiger partial charge on any atom is -0.372 e. The topological polar surface area (TPSA) is 9.23 Å². The number of ether oxygens (including phenoxy) is 1. The van der Waals surface area contributed by atoms with Crippen LogP contribution in [-0.2, 0) is 4.74 Å². The Bertz CT molecular complexity index is 234. The fourth-order valence-electron chi connectivity index (χ4n) is 0.471. The van der Waals surface area contributed by atoms with Gasteiger partial charge in [0.05, 0.1) is 0 Å². The first kappa shape index (κ1) is 17.7. The summed E-state index contributed by atoms with van der Waals surface area (Å²) in [5.41, 5.74) is 0. The van der Waals surface area contributed by atoms with Crippen molar-refractivity contribution in [3.8, 4) is 0 Å². The van der Waals surface area contributed by atoms with Gasteiger partial charge in [-0.25, -0.2) is 8.78 Å². The Hall–Kier alpha value is 0.700. The third kappa shape index (κ3) is 5.06. The largest absolute Gasteiger partial charge is 0.372 e. The zero-order valence-electron chi connectivity index (χ0n) is 7.60. The Morgan fingerprint density at radius 3 is 1.06 bits per heavy atom. The highest BCUT2D eigenvalue weighted by Crippen LogP contribution is 2.42. The molecule has 0 saturated heterocycles. The molecule has 0 radical (unpaired) electrons. The molecule has 2 unspecified atom stereocenters. The molecule has 0 spiro atoms. The molecule has 0 heterocycles. The second-order valence-corrected chi connectivity index (χ2v) is 5.04. The van der Waals surface area contributed by atoms with E-state index in [9.17, 15) is 26.3 Å². The van der Waals surface area contributed by atoms with Gasteiger partial charge in [-0.15, -0.1) is 0 Å². The lowest BCUT2D eigenvalue weighted by Gasteiger charge is -2.26. The van der Waals surface area contributed by atoms with Gasteiger partial charge >= 0.3 is 10.8 Å². The summed E-state index contributed by atoms with van der Waals surface area (Å²) < 4.78 is 78.5. The predicted molar refractivity (Wildman–Crippen MR) is 51.8 cm³/mol. The third-order valence-corrected chi connectivity index (χ3v) is 2.88. The van der Waals surface area contributed by atoms with E-state index in [2.05, 4.69) is 51.1 Å². The van der Waals surface area contributed by atoms with E-state index in [1.54, 1.807) is 0 Å². The summed E-state index contributed by atoms with van der Waals surface area (Å²) in [4.78, 5) is 0. The molecule has 2 atom stereocenters. The number of hydrogen-bond acceptors (Lipinski definition) is 1. The van der Waals surface area contributed by atoms with E-state index in [0.717, 1.165) is 0 Å². The molecule has 104 valence electrons. The molecular weight excluding hydrogens is 344 g/mol. The van der Waals surface area contributed by atoms with Gasteiger partial charge in [0.1, 0.15) is 13.2 Å². The average molecular weight is 348 g/mol. The smallest absolute Gasteiger partial charge is 0.371 e. The fraction of sp³-hybridized carbons (Fsp3) is 1.00. The zero-order valence-corrected chi connectivity index (χ0v) is 10.6. The molecule has 0 bridgehead atoms. The van der Waals surface area contributed by atoms with Crippen LogP contribution in [0.15, 0.2) is 0 Å². The van der Waals surface area contributed by atoms with Crippen molar-refractivity contribution in [2.75, 3.05) is 13.2 Å². The Labute approximate surface area is 112 Å². The molecule has 0 rings (SSSR count). The van der Waals surface area contributed by atoms with Gasteiger partial charge in [0.25, 0.3) is 10.3 Å². The van der Waals surface area contributed by atoms with Crippen LogP contribution in [0.3, 0.4) is 0 Å². The standard InChI is InChI=1S/C6H4Cl4F6O/c7-3(11,5(9,13)14)1-17-2-4(8,12)6(10,15)16/h1-2H2. The Kier molecular flexibility index (Phi) is 5.59. The molecular formula is C6H4Cl4F6O. The number of rotatable bonds is 6. The maximum absolute atomic E-state index is 12.8. The lowest BCUT2D eigenvalue weighted by molar-refractivity contribution is -0.102. The van der Waals surface area contributed by atoms with Gasteiger partial charge in [0.15, 0.2) is 0 Å². The maximum Gasteiger partial charge on any atom is 0.371 e. The van der Waals surface area contributed by atoms with E-state index < -0.39 is 34.2 Å². The summed E-state index contributed by atoms with van der Waals surface area (Å²) in [5, 5.41) is -16.9. The lowest BCUT2D eigenvalue weighted by atomic mass is 10.4. The van der Waals surface area contributed by atoms with Gasteiger partial charge in [-0.05, 0) is 23.2 Å². The molecule has 17 heavy (non-hydrogen) atoms. The summed E-state index contributed by atoms with van der Waals surface area (Å²) >= 11 is 17.7. The van der Waals surface area contributed by atoms with E-state index in [1.165, 1.54) is 0 Å².